The normalized spacial score (nSPS) is 20.4. The third-order valence-electron chi connectivity index (χ3n) is 5.14. The lowest BCUT2D eigenvalue weighted by Crippen LogP contribution is -2.15. The van der Waals surface area contributed by atoms with E-state index < -0.39 is 27.1 Å². The van der Waals surface area contributed by atoms with Gasteiger partial charge in [0, 0.05) is 17.4 Å². The van der Waals surface area contributed by atoms with Gasteiger partial charge in [0.1, 0.15) is 0 Å². The predicted molar refractivity (Wildman–Crippen MR) is 99.0 cm³/mol. The number of rotatable bonds is 4. The fourth-order valence-electron chi connectivity index (χ4n) is 3.54. The molecule has 142 valence electrons. The first-order valence-electron chi connectivity index (χ1n) is 8.43. The zero-order chi connectivity index (χ0) is 20.0. The summed E-state index contributed by atoms with van der Waals surface area (Å²) >= 11 is 0. The van der Waals surface area contributed by atoms with E-state index in [9.17, 15) is 22.0 Å². The van der Waals surface area contributed by atoms with Gasteiger partial charge >= 0.3 is 0 Å². The first kappa shape index (κ1) is 19.4. The van der Waals surface area contributed by atoms with Crippen LogP contribution in [-0.2, 0) is 14.8 Å². The third-order valence-corrected chi connectivity index (χ3v) is 6.07. The average molecular weight is 391 g/mol. The van der Waals surface area contributed by atoms with Gasteiger partial charge < -0.3 is 0 Å². The summed E-state index contributed by atoms with van der Waals surface area (Å²) in [5, 5.41) is 5.14. The van der Waals surface area contributed by atoms with Gasteiger partial charge in [0.05, 0.1) is 4.90 Å². The second-order valence-corrected chi connectivity index (χ2v) is 8.52. The summed E-state index contributed by atoms with van der Waals surface area (Å²) in [5.41, 5.74) is 1.49. The minimum atomic E-state index is -3.84. The molecule has 1 aliphatic carbocycles. The third kappa shape index (κ3) is 3.44. The SMILES string of the molecule is CCC1(C)CC(=O)C(c2ccc(F)c(F)c2)=C1c1ccc(S(N)(=O)=O)cc1. The molecule has 0 aromatic heterocycles. The number of ketones is 1. The van der Waals surface area contributed by atoms with Crippen LogP contribution in [0.4, 0.5) is 8.78 Å². The molecule has 0 fully saturated rings. The zero-order valence-electron chi connectivity index (χ0n) is 14.9. The van der Waals surface area contributed by atoms with Crippen molar-refractivity contribution >= 4 is 27.0 Å². The van der Waals surface area contributed by atoms with E-state index in [4.69, 9.17) is 5.14 Å². The molecular weight excluding hydrogens is 372 g/mol. The van der Waals surface area contributed by atoms with Crippen LogP contribution in [0.3, 0.4) is 0 Å². The van der Waals surface area contributed by atoms with Gasteiger partial charge in [-0.05, 0) is 47.4 Å². The van der Waals surface area contributed by atoms with E-state index in [1.54, 1.807) is 12.1 Å². The Hall–Kier alpha value is -2.38. The van der Waals surface area contributed by atoms with Crippen LogP contribution in [0.1, 0.15) is 37.8 Å². The number of hydrogen-bond donors (Lipinski definition) is 1. The minimum absolute atomic E-state index is 0.0382. The fraction of sp³-hybridized carbons (Fsp3) is 0.250. The summed E-state index contributed by atoms with van der Waals surface area (Å²) < 4.78 is 50.1. The summed E-state index contributed by atoms with van der Waals surface area (Å²) in [6.45, 7) is 3.88. The van der Waals surface area contributed by atoms with Crippen LogP contribution < -0.4 is 5.14 Å². The van der Waals surface area contributed by atoms with Crippen molar-refractivity contribution < 1.29 is 22.0 Å². The number of nitrogens with two attached hydrogens (primary N) is 1. The van der Waals surface area contributed by atoms with E-state index in [0.717, 1.165) is 12.1 Å². The van der Waals surface area contributed by atoms with Crippen LogP contribution in [0.5, 0.6) is 0 Å². The molecule has 1 unspecified atom stereocenters. The van der Waals surface area contributed by atoms with Crippen LogP contribution >= 0.6 is 0 Å². The van der Waals surface area contributed by atoms with E-state index in [0.29, 0.717) is 28.7 Å². The number of hydrogen-bond acceptors (Lipinski definition) is 3. The van der Waals surface area contributed by atoms with Crippen LogP contribution in [-0.4, -0.2) is 14.2 Å². The topological polar surface area (TPSA) is 77.2 Å². The monoisotopic (exact) mass is 391 g/mol. The molecule has 0 radical (unpaired) electrons. The Morgan fingerprint density at radius 1 is 1.04 bits per heavy atom. The number of primary sulfonamides is 1. The summed E-state index contributed by atoms with van der Waals surface area (Å²) in [7, 11) is -3.84. The molecule has 7 heteroatoms. The molecule has 0 heterocycles. The lowest BCUT2D eigenvalue weighted by Gasteiger charge is -2.26. The van der Waals surface area contributed by atoms with E-state index >= 15 is 0 Å². The van der Waals surface area contributed by atoms with Gasteiger partial charge in [-0.3, -0.25) is 4.79 Å². The van der Waals surface area contributed by atoms with Crippen molar-refractivity contribution in [2.24, 2.45) is 10.6 Å². The van der Waals surface area contributed by atoms with E-state index in [1.165, 1.54) is 18.2 Å². The van der Waals surface area contributed by atoms with Crippen LogP contribution in [0, 0.1) is 17.0 Å². The Morgan fingerprint density at radius 2 is 1.63 bits per heavy atom. The summed E-state index contributed by atoms with van der Waals surface area (Å²) in [6, 6.07) is 9.31. The number of sulfonamides is 1. The first-order valence-corrected chi connectivity index (χ1v) is 9.98. The van der Waals surface area contributed by atoms with Gasteiger partial charge in [-0.25, -0.2) is 22.3 Å². The average Bonchev–Trinajstić information content (AvgIpc) is 2.88. The second-order valence-electron chi connectivity index (χ2n) is 6.96. The number of allylic oxidation sites excluding steroid dienone is 2. The molecule has 1 aliphatic rings. The van der Waals surface area contributed by atoms with E-state index in [1.807, 2.05) is 13.8 Å². The van der Waals surface area contributed by atoms with Gasteiger partial charge in [-0.2, -0.15) is 0 Å². The maximum absolute atomic E-state index is 13.8. The standard InChI is InChI=1S/C20H19F2NO3S/c1-3-20(2)11-17(24)18(13-6-9-15(21)16(22)10-13)19(20)12-4-7-14(8-5-12)27(23,25)26/h4-10H,3,11H2,1-2H3,(H2,23,25,26). The summed E-state index contributed by atoms with van der Waals surface area (Å²) in [6.07, 6.45) is 0.891. The van der Waals surface area contributed by atoms with Gasteiger partial charge in [-0.15, -0.1) is 0 Å². The van der Waals surface area contributed by atoms with Crippen LogP contribution in [0.15, 0.2) is 47.4 Å². The Kier molecular flexibility index (Phi) is 4.78. The van der Waals surface area contributed by atoms with Crippen molar-refractivity contribution in [2.75, 3.05) is 0 Å². The van der Waals surface area contributed by atoms with Crippen LogP contribution in [0.2, 0.25) is 0 Å². The molecule has 0 saturated carbocycles. The highest BCUT2D eigenvalue weighted by atomic mass is 32.2. The molecule has 0 amide bonds. The molecule has 0 spiro atoms. The fourth-order valence-corrected chi connectivity index (χ4v) is 4.05. The molecule has 0 aliphatic heterocycles. The van der Waals surface area contributed by atoms with Gasteiger partial charge in [0.25, 0.3) is 0 Å². The lowest BCUT2D eigenvalue weighted by molar-refractivity contribution is -0.114. The second kappa shape index (κ2) is 6.65. The number of halogens is 2. The molecule has 2 N–H and O–H groups in total. The quantitative estimate of drug-likeness (QED) is 0.858. The molecule has 27 heavy (non-hydrogen) atoms. The van der Waals surface area contributed by atoms with Gasteiger partial charge in [-0.1, -0.05) is 32.0 Å². The van der Waals surface area contributed by atoms with Crippen LogP contribution in [0.25, 0.3) is 11.1 Å². The highest BCUT2D eigenvalue weighted by Crippen LogP contribution is 2.51. The van der Waals surface area contributed by atoms with Crippen molar-refractivity contribution in [3.8, 4) is 0 Å². The maximum atomic E-state index is 13.8. The van der Waals surface area contributed by atoms with Crippen molar-refractivity contribution in [1.29, 1.82) is 0 Å². The smallest absolute Gasteiger partial charge is 0.238 e. The maximum Gasteiger partial charge on any atom is 0.238 e. The zero-order valence-corrected chi connectivity index (χ0v) is 15.7. The Bertz CT molecular complexity index is 1060. The van der Waals surface area contributed by atoms with E-state index in [-0.39, 0.29) is 17.1 Å². The molecule has 3 rings (SSSR count). The highest BCUT2D eigenvalue weighted by Gasteiger charge is 2.41. The van der Waals surface area contributed by atoms with Gasteiger partial charge in [0.2, 0.25) is 10.0 Å². The highest BCUT2D eigenvalue weighted by molar-refractivity contribution is 7.89. The molecule has 4 nitrogen and oxygen atoms in total. The Morgan fingerprint density at radius 3 is 2.15 bits per heavy atom. The predicted octanol–water partition coefficient (Wildman–Crippen LogP) is 3.91. The molecule has 2 aromatic rings. The number of carbonyl (C=O) groups is 1. The molecule has 0 bridgehead atoms. The molecule has 1 atom stereocenters. The van der Waals surface area contributed by atoms with Crippen molar-refractivity contribution in [3.63, 3.8) is 0 Å². The molecule has 2 aromatic carbocycles. The Balaban J connectivity index is 2.25. The van der Waals surface area contributed by atoms with Crippen molar-refractivity contribution in [2.45, 2.75) is 31.6 Å². The Labute approximate surface area is 156 Å². The first-order chi connectivity index (χ1) is 12.6. The largest absolute Gasteiger partial charge is 0.294 e. The number of carbonyl (C=O) groups excluding carboxylic acids is 1. The minimum Gasteiger partial charge on any atom is -0.294 e. The summed E-state index contributed by atoms with van der Waals surface area (Å²) in [4.78, 5) is 12.7. The van der Waals surface area contributed by atoms with Crippen molar-refractivity contribution in [1.82, 2.24) is 0 Å². The summed E-state index contributed by atoms with van der Waals surface area (Å²) in [5.74, 6) is -2.17. The molecular formula is C20H19F2NO3S. The van der Waals surface area contributed by atoms with Gasteiger partial charge in [0.15, 0.2) is 17.4 Å². The lowest BCUT2D eigenvalue weighted by atomic mass is 9.77. The molecule has 0 saturated heterocycles. The van der Waals surface area contributed by atoms with Crippen molar-refractivity contribution in [3.05, 3.63) is 65.2 Å². The number of Topliss-reactive ketones (excluding diaryl/α,β-unsaturated/α-hetero) is 1. The number of benzene rings is 2. The van der Waals surface area contributed by atoms with E-state index in [2.05, 4.69) is 0 Å².